The molecule has 3 aromatic heterocycles. The molecule has 3 aliphatic rings. The summed E-state index contributed by atoms with van der Waals surface area (Å²) in [5.41, 5.74) is 4.74. The van der Waals surface area contributed by atoms with Crippen LogP contribution in [0.2, 0.25) is 5.02 Å². The van der Waals surface area contributed by atoms with E-state index in [1.807, 2.05) is 47.6 Å². The predicted molar refractivity (Wildman–Crippen MR) is 135 cm³/mol. The van der Waals surface area contributed by atoms with Gasteiger partial charge in [-0.05, 0) is 61.9 Å². The van der Waals surface area contributed by atoms with E-state index in [-0.39, 0.29) is 17.0 Å². The molecule has 8 heteroatoms. The molecule has 2 amide bonds. The zero-order valence-corrected chi connectivity index (χ0v) is 20.2. The molecule has 7 rings (SSSR count). The number of halogens is 1. The summed E-state index contributed by atoms with van der Waals surface area (Å²) in [6.45, 7) is 2.35. The number of carbonyl (C=O) groups is 1. The number of pyridine rings is 1. The van der Waals surface area contributed by atoms with E-state index < -0.39 is 0 Å². The first kappa shape index (κ1) is 21.0. The van der Waals surface area contributed by atoms with Gasteiger partial charge in [0.25, 0.3) is 0 Å². The zero-order valence-electron chi connectivity index (χ0n) is 19.4. The van der Waals surface area contributed by atoms with E-state index in [2.05, 4.69) is 32.1 Å². The second-order valence-electron chi connectivity index (χ2n) is 10.3. The van der Waals surface area contributed by atoms with Crippen molar-refractivity contribution in [2.24, 2.45) is 0 Å². The number of aryl methyl sites for hydroxylation is 1. The molecular weight excluding hydrogens is 460 g/mol. The number of amides is 2. The van der Waals surface area contributed by atoms with Crippen LogP contribution in [0, 0.1) is 0 Å². The first-order valence-electron chi connectivity index (χ1n) is 12.4. The van der Waals surface area contributed by atoms with E-state index in [1.54, 1.807) is 0 Å². The fourth-order valence-corrected chi connectivity index (χ4v) is 6.58. The number of benzene rings is 1. The lowest BCUT2D eigenvalue weighted by Crippen LogP contribution is -2.55. The van der Waals surface area contributed by atoms with E-state index in [9.17, 15) is 4.79 Å². The first-order chi connectivity index (χ1) is 17.1. The van der Waals surface area contributed by atoms with Crippen molar-refractivity contribution < 1.29 is 4.79 Å². The highest BCUT2D eigenvalue weighted by Crippen LogP contribution is 2.46. The summed E-state index contributed by atoms with van der Waals surface area (Å²) in [7, 11) is 0. The second kappa shape index (κ2) is 7.59. The lowest BCUT2D eigenvalue weighted by Gasteiger charge is -2.44. The molecule has 1 aromatic carbocycles. The molecule has 2 aliphatic heterocycles. The van der Waals surface area contributed by atoms with Gasteiger partial charge in [0.1, 0.15) is 5.65 Å². The third-order valence-corrected chi connectivity index (χ3v) is 8.73. The van der Waals surface area contributed by atoms with E-state index in [0.29, 0.717) is 0 Å². The van der Waals surface area contributed by atoms with Crippen LogP contribution in [0.3, 0.4) is 0 Å². The van der Waals surface area contributed by atoms with Crippen LogP contribution in [0.25, 0.3) is 22.3 Å². The summed E-state index contributed by atoms with van der Waals surface area (Å²) in [6.07, 6.45) is 8.71. The highest BCUT2D eigenvalue weighted by Gasteiger charge is 2.49. The zero-order chi connectivity index (χ0) is 23.6. The van der Waals surface area contributed by atoms with E-state index in [0.717, 1.165) is 84.6 Å². The van der Waals surface area contributed by atoms with Gasteiger partial charge >= 0.3 is 6.03 Å². The molecule has 2 N–H and O–H groups in total. The van der Waals surface area contributed by atoms with Gasteiger partial charge in [-0.3, -0.25) is 4.68 Å². The Labute approximate surface area is 208 Å². The highest BCUT2D eigenvalue weighted by molar-refractivity contribution is 6.31. The molecule has 1 unspecified atom stereocenters. The van der Waals surface area contributed by atoms with Gasteiger partial charge in [-0.25, -0.2) is 9.78 Å². The Bertz CT molecular complexity index is 1450. The summed E-state index contributed by atoms with van der Waals surface area (Å²) in [5, 5.41) is 10.1. The monoisotopic (exact) mass is 486 g/mol. The van der Waals surface area contributed by atoms with Gasteiger partial charge < -0.3 is 15.2 Å². The molecule has 35 heavy (non-hydrogen) atoms. The number of nitrogens with one attached hydrogen (secondary N) is 2. The van der Waals surface area contributed by atoms with E-state index in [4.69, 9.17) is 16.7 Å². The van der Waals surface area contributed by atoms with Crippen molar-refractivity contribution in [2.75, 3.05) is 13.1 Å². The molecule has 1 spiro atoms. The number of H-pyrrole nitrogens is 1. The van der Waals surface area contributed by atoms with Gasteiger partial charge in [-0.15, -0.1) is 0 Å². The SMILES string of the molecule is O=C(NC1(c2ccccc2Cl)CCC1)N1CCC2(CCn3nc(-c4cnc5[nH]ccc5c4)cc32)C1. The number of urea groups is 1. The highest BCUT2D eigenvalue weighted by atomic mass is 35.5. The van der Waals surface area contributed by atoms with Crippen LogP contribution in [0.15, 0.2) is 54.9 Å². The van der Waals surface area contributed by atoms with E-state index in [1.165, 1.54) is 5.69 Å². The summed E-state index contributed by atoms with van der Waals surface area (Å²) < 4.78 is 2.13. The Kier molecular flexibility index (Phi) is 4.55. The molecule has 1 aliphatic carbocycles. The Hall–Kier alpha value is -3.32. The lowest BCUT2D eigenvalue weighted by atomic mass is 9.72. The van der Waals surface area contributed by atoms with Gasteiger partial charge in [0.2, 0.25) is 0 Å². The third kappa shape index (κ3) is 3.21. The number of aromatic nitrogens is 4. The molecule has 1 saturated carbocycles. The molecule has 7 nitrogen and oxygen atoms in total. The minimum Gasteiger partial charge on any atom is -0.346 e. The molecule has 1 saturated heterocycles. The van der Waals surface area contributed by atoms with Gasteiger partial charge in [0, 0.05) is 59.1 Å². The number of rotatable bonds is 3. The number of aromatic amines is 1. The van der Waals surface area contributed by atoms with Crippen molar-refractivity contribution in [3.05, 3.63) is 71.1 Å². The largest absolute Gasteiger partial charge is 0.346 e. The van der Waals surface area contributed by atoms with Gasteiger partial charge in [0.05, 0.1) is 11.2 Å². The number of likely N-dealkylation sites (tertiary alicyclic amines) is 1. The maximum absolute atomic E-state index is 13.5. The lowest BCUT2D eigenvalue weighted by molar-refractivity contribution is 0.154. The van der Waals surface area contributed by atoms with Crippen molar-refractivity contribution >= 4 is 28.7 Å². The molecule has 0 radical (unpaired) electrons. The standard InChI is InChI=1S/C27H27ClN6O/c28-21-5-2-1-4-20(21)27(7-3-8-27)31-25(35)33-12-9-26(17-33)10-13-34-23(26)15-22(32-34)19-14-18-6-11-29-24(18)30-16-19/h1-2,4-6,11,14-16H,3,7-10,12-13,17H2,(H,29,30)(H,31,35). The number of hydrogen-bond donors (Lipinski definition) is 2. The third-order valence-electron chi connectivity index (χ3n) is 8.41. The number of carbonyl (C=O) groups excluding carboxylic acids is 1. The van der Waals surface area contributed by atoms with Gasteiger partial charge in [-0.1, -0.05) is 29.8 Å². The van der Waals surface area contributed by atoms with Gasteiger partial charge in [0.15, 0.2) is 0 Å². The van der Waals surface area contributed by atoms with Gasteiger partial charge in [-0.2, -0.15) is 5.10 Å². The van der Waals surface area contributed by atoms with Crippen molar-refractivity contribution in [3.8, 4) is 11.3 Å². The quantitative estimate of drug-likeness (QED) is 0.417. The number of nitrogens with zero attached hydrogens (tertiary/aromatic N) is 4. The Morgan fingerprint density at radius 2 is 1.94 bits per heavy atom. The molecule has 0 bridgehead atoms. The molecule has 5 heterocycles. The minimum absolute atomic E-state index is 0.0155. The van der Waals surface area contributed by atoms with Crippen LogP contribution in [-0.4, -0.2) is 43.8 Å². The molecular formula is C27H27ClN6O. The van der Waals surface area contributed by atoms with Crippen LogP contribution in [-0.2, 0) is 17.5 Å². The summed E-state index contributed by atoms with van der Waals surface area (Å²) in [4.78, 5) is 23.1. The van der Waals surface area contributed by atoms with Crippen LogP contribution in [0.5, 0.6) is 0 Å². The smallest absolute Gasteiger partial charge is 0.318 e. The first-order valence-corrected chi connectivity index (χ1v) is 12.8. The molecule has 178 valence electrons. The van der Waals surface area contributed by atoms with Crippen LogP contribution >= 0.6 is 11.6 Å². The van der Waals surface area contributed by atoms with Crippen molar-refractivity contribution in [2.45, 2.75) is 49.6 Å². The molecule has 2 fully saturated rings. The average Bonchev–Trinajstić information content (AvgIpc) is 3.62. The second-order valence-corrected chi connectivity index (χ2v) is 10.7. The van der Waals surface area contributed by atoms with Crippen LogP contribution in [0.1, 0.15) is 43.4 Å². The normalized spacial score (nSPS) is 22.5. The topological polar surface area (TPSA) is 78.8 Å². The number of fused-ring (bicyclic) bond motifs is 3. The maximum atomic E-state index is 13.5. The fraction of sp³-hybridized carbons (Fsp3) is 0.370. The van der Waals surface area contributed by atoms with Crippen molar-refractivity contribution in [1.29, 1.82) is 0 Å². The summed E-state index contributed by atoms with van der Waals surface area (Å²) in [6, 6.07) is 14.3. The minimum atomic E-state index is -0.348. The maximum Gasteiger partial charge on any atom is 0.318 e. The van der Waals surface area contributed by atoms with Crippen LogP contribution < -0.4 is 5.32 Å². The van der Waals surface area contributed by atoms with Crippen molar-refractivity contribution in [1.82, 2.24) is 30.0 Å². The number of hydrogen-bond acceptors (Lipinski definition) is 3. The Morgan fingerprint density at radius 1 is 1.09 bits per heavy atom. The van der Waals surface area contributed by atoms with E-state index >= 15 is 0 Å². The summed E-state index contributed by atoms with van der Waals surface area (Å²) in [5.74, 6) is 0. The summed E-state index contributed by atoms with van der Waals surface area (Å²) >= 11 is 6.52. The fourth-order valence-electron chi connectivity index (χ4n) is 6.27. The molecule has 4 aromatic rings. The van der Waals surface area contributed by atoms with Crippen molar-refractivity contribution in [3.63, 3.8) is 0 Å². The Balaban J connectivity index is 1.12. The Morgan fingerprint density at radius 3 is 2.77 bits per heavy atom. The predicted octanol–water partition coefficient (Wildman–Crippen LogP) is 5.22. The van der Waals surface area contributed by atoms with Crippen LogP contribution in [0.4, 0.5) is 4.79 Å². The molecule has 1 atom stereocenters. The average molecular weight is 487 g/mol.